The van der Waals surface area contributed by atoms with Crippen LogP contribution in [0.1, 0.15) is 19.8 Å². The fourth-order valence-corrected chi connectivity index (χ4v) is 1.33. The molecule has 1 aliphatic rings. The highest BCUT2D eigenvalue weighted by Crippen LogP contribution is 2.33. The number of methoxy groups -OCH3 is 1. The summed E-state index contributed by atoms with van der Waals surface area (Å²) in [7, 11) is 1.33. The van der Waals surface area contributed by atoms with Crippen molar-refractivity contribution in [2.45, 2.75) is 25.8 Å². The molecule has 1 rings (SSSR count). The predicted octanol–water partition coefficient (Wildman–Crippen LogP) is -0.351. The molecule has 0 aromatic rings. The van der Waals surface area contributed by atoms with Crippen LogP contribution in [0.3, 0.4) is 0 Å². The molecule has 0 heterocycles. The molecule has 5 heteroatoms. The summed E-state index contributed by atoms with van der Waals surface area (Å²) in [5.74, 6) is -0.572. The highest BCUT2D eigenvalue weighted by atomic mass is 16.5. The number of amides is 1. The molecule has 0 saturated heterocycles. The lowest BCUT2D eigenvalue weighted by atomic mass is 10.1. The van der Waals surface area contributed by atoms with Gasteiger partial charge in [0.2, 0.25) is 5.91 Å². The lowest BCUT2D eigenvalue weighted by molar-refractivity contribution is -0.146. The lowest BCUT2D eigenvalue weighted by Crippen LogP contribution is -2.46. The number of hydrogen-bond acceptors (Lipinski definition) is 4. The molecular weight excluding hydrogens is 196 g/mol. The van der Waals surface area contributed by atoms with Gasteiger partial charge in [-0.25, -0.2) is 4.79 Å². The molecule has 5 nitrogen and oxygen atoms in total. The molecule has 1 aliphatic carbocycles. The van der Waals surface area contributed by atoms with Crippen molar-refractivity contribution in [1.29, 1.82) is 0 Å². The summed E-state index contributed by atoms with van der Waals surface area (Å²) in [6.07, 6.45) is 1.94. The molecule has 0 aromatic heterocycles. The van der Waals surface area contributed by atoms with Gasteiger partial charge in [-0.3, -0.25) is 4.79 Å². The molecule has 0 radical (unpaired) electrons. The standard InChI is InChI=1S/C10H18N2O3/c1-6(5-11)9(13)12-8(7-3-4-7)10(14)15-2/h6-8H,3-5,11H2,1-2H3,(H,12,13). The Morgan fingerprint density at radius 1 is 1.53 bits per heavy atom. The van der Waals surface area contributed by atoms with E-state index in [-0.39, 0.29) is 30.3 Å². The quantitative estimate of drug-likeness (QED) is 0.613. The number of hydrogen-bond donors (Lipinski definition) is 2. The van der Waals surface area contributed by atoms with Gasteiger partial charge in [0, 0.05) is 12.5 Å². The van der Waals surface area contributed by atoms with Gasteiger partial charge in [0.05, 0.1) is 7.11 Å². The molecule has 0 aromatic carbocycles. The van der Waals surface area contributed by atoms with Gasteiger partial charge >= 0.3 is 5.97 Å². The van der Waals surface area contributed by atoms with Gasteiger partial charge in [0.25, 0.3) is 0 Å². The van der Waals surface area contributed by atoms with Crippen LogP contribution >= 0.6 is 0 Å². The first kappa shape index (κ1) is 12.0. The van der Waals surface area contributed by atoms with Gasteiger partial charge in [0.1, 0.15) is 6.04 Å². The van der Waals surface area contributed by atoms with Gasteiger partial charge in [-0.1, -0.05) is 6.92 Å². The minimum Gasteiger partial charge on any atom is -0.467 e. The molecule has 1 fully saturated rings. The van der Waals surface area contributed by atoms with Crippen LogP contribution in [0.4, 0.5) is 0 Å². The Kier molecular flexibility index (Phi) is 4.08. The first-order valence-corrected chi connectivity index (χ1v) is 5.18. The van der Waals surface area contributed by atoms with E-state index in [1.807, 2.05) is 0 Å². The molecule has 86 valence electrons. The highest BCUT2D eigenvalue weighted by molar-refractivity contribution is 5.86. The maximum Gasteiger partial charge on any atom is 0.328 e. The maximum atomic E-state index is 11.5. The average molecular weight is 214 g/mol. The van der Waals surface area contributed by atoms with E-state index < -0.39 is 6.04 Å². The van der Waals surface area contributed by atoms with Crippen molar-refractivity contribution >= 4 is 11.9 Å². The molecule has 1 saturated carbocycles. The molecule has 0 aliphatic heterocycles. The van der Waals surface area contributed by atoms with Crippen molar-refractivity contribution in [3.8, 4) is 0 Å². The van der Waals surface area contributed by atoms with Crippen molar-refractivity contribution in [3.63, 3.8) is 0 Å². The summed E-state index contributed by atoms with van der Waals surface area (Å²) in [6, 6.07) is -0.489. The van der Waals surface area contributed by atoms with Crippen LogP contribution in [0.15, 0.2) is 0 Å². The van der Waals surface area contributed by atoms with Crippen molar-refractivity contribution in [2.24, 2.45) is 17.6 Å². The van der Waals surface area contributed by atoms with Crippen molar-refractivity contribution < 1.29 is 14.3 Å². The highest BCUT2D eigenvalue weighted by Gasteiger charge is 2.38. The van der Waals surface area contributed by atoms with E-state index >= 15 is 0 Å². The van der Waals surface area contributed by atoms with Gasteiger partial charge in [0.15, 0.2) is 0 Å². The van der Waals surface area contributed by atoms with E-state index in [1.165, 1.54) is 7.11 Å². The Labute approximate surface area is 89.3 Å². The van der Waals surface area contributed by atoms with E-state index in [1.54, 1.807) is 6.92 Å². The number of carbonyl (C=O) groups excluding carboxylic acids is 2. The zero-order valence-electron chi connectivity index (χ0n) is 9.16. The zero-order chi connectivity index (χ0) is 11.4. The fourth-order valence-electron chi connectivity index (χ4n) is 1.33. The Bertz CT molecular complexity index is 251. The fraction of sp³-hybridized carbons (Fsp3) is 0.800. The predicted molar refractivity (Wildman–Crippen MR) is 54.9 cm³/mol. The molecule has 15 heavy (non-hydrogen) atoms. The van der Waals surface area contributed by atoms with Gasteiger partial charge in [-0.05, 0) is 18.8 Å². The molecule has 0 spiro atoms. The number of nitrogens with one attached hydrogen (secondary N) is 1. The van der Waals surface area contributed by atoms with Crippen molar-refractivity contribution in [1.82, 2.24) is 5.32 Å². The minimum absolute atomic E-state index is 0.181. The third-order valence-electron chi connectivity index (χ3n) is 2.65. The van der Waals surface area contributed by atoms with E-state index in [0.717, 1.165) is 12.8 Å². The molecule has 1 amide bonds. The first-order chi connectivity index (χ1) is 7.10. The van der Waals surface area contributed by atoms with Crippen LogP contribution in [0.5, 0.6) is 0 Å². The van der Waals surface area contributed by atoms with Gasteiger partial charge < -0.3 is 15.8 Å². The van der Waals surface area contributed by atoms with Crippen LogP contribution in [0, 0.1) is 11.8 Å². The molecular formula is C10H18N2O3. The number of esters is 1. The summed E-state index contributed by atoms with van der Waals surface area (Å²) in [5.41, 5.74) is 5.37. The second-order valence-electron chi connectivity index (χ2n) is 3.98. The molecule has 2 unspecified atom stereocenters. The third kappa shape index (κ3) is 3.20. The number of rotatable bonds is 5. The van der Waals surface area contributed by atoms with E-state index in [4.69, 9.17) is 5.73 Å². The zero-order valence-corrected chi connectivity index (χ0v) is 9.16. The Hall–Kier alpha value is -1.10. The van der Waals surface area contributed by atoms with E-state index in [9.17, 15) is 9.59 Å². The van der Waals surface area contributed by atoms with Crippen LogP contribution in [-0.4, -0.2) is 31.6 Å². The Morgan fingerprint density at radius 2 is 2.13 bits per heavy atom. The number of nitrogens with two attached hydrogens (primary N) is 1. The Morgan fingerprint density at radius 3 is 2.53 bits per heavy atom. The van der Waals surface area contributed by atoms with Crippen LogP contribution in [-0.2, 0) is 14.3 Å². The monoisotopic (exact) mass is 214 g/mol. The van der Waals surface area contributed by atoms with Crippen molar-refractivity contribution in [3.05, 3.63) is 0 Å². The number of ether oxygens (including phenoxy) is 1. The molecule has 3 N–H and O–H groups in total. The van der Waals surface area contributed by atoms with Crippen molar-refractivity contribution in [2.75, 3.05) is 13.7 Å². The first-order valence-electron chi connectivity index (χ1n) is 5.18. The average Bonchev–Trinajstić information content (AvgIpc) is 3.07. The summed E-state index contributed by atoms with van der Waals surface area (Å²) in [5, 5.41) is 2.69. The lowest BCUT2D eigenvalue weighted by Gasteiger charge is -2.17. The second-order valence-corrected chi connectivity index (χ2v) is 3.98. The minimum atomic E-state index is -0.489. The molecule has 2 atom stereocenters. The molecule has 0 bridgehead atoms. The van der Waals surface area contributed by atoms with Crippen LogP contribution < -0.4 is 11.1 Å². The maximum absolute atomic E-state index is 11.5. The smallest absolute Gasteiger partial charge is 0.328 e. The Balaban J connectivity index is 2.51. The summed E-state index contributed by atoms with van der Waals surface area (Å²) in [6.45, 7) is 2.01. The summed E-state index contributed by atoms with van der Waals surface area (Å²) in [4.78, 5) is 22.9. The second kappa shape index (κ2) is 5.11. The largest absolute Gasteiger partial charge is 0.467 e. The summed E-state index contributed by atoms with van der Waals surface area (Å²) < 4.78 is 4.64. The van der Waals surface area contributed by atoms with E-state index in [0.29, 0.717) is 0 Å². The summed E-state index contributed by atoms with van der Waals surface area (Å²) >= 11 is 0. The number of carbonyl (C=O) groups is 2. The van der Waals surface area contributed by atoms with Crippen LogP contribution in [0.25, 0.3) is 0 Å². The van der Waals surface area contributed by atoms with E-state index in [2.05, 4.69) is 10.1 Å². The normalized spacial score (nSPS) is 19.1. The van der Waals surface area contributed by atoms with Gasteiger partial charge in [-0.15, -0.1) is 0 Å². The van der Waals surface area contributed by atoms with Gasteiger partial charge in [-0.2, -0.15) is 0 Å². The third-order valence-corrected chi connectivity index (χ3v) is 2.65. The SMILES string of the molecule is COC(=O)C(NC(=O)C(C)CN)C1CC1. The van der Waals surface area contributed by atoms with Crippen LogP contribution in [0.2, 0.25) is 0 Å². The topological polar surface area (TPSA) is 81.4 Å².